The Bertz CT molecular complexity index is 1090. The van der Waals surface area contributed by atoms with Crippen molar-refractivity contribution in [3.05, 3.63) is 84.4 Å². The van der Waals surface area contributed by atoms with Crippen molar-refractivity contribution in [1.29, 1.82) is 0 Å². The first-order valence-electron chi connectivity index (χ1n) is 8.96. The molecule has 0 atom stereocenters. The molecular formula is C22H19N5O. The second-order valence-corrected chi connectivity index (χ2v) is 6.49. The van der Waals surface area contributed by atoms with Crippen molar-refractivity contribution in [2.75, 3.05) is 5.32 Å². The highest BCUT2D eigenvalue weighted by Crippen LogP contribution is 2.21. The lowest BCUT2D eigenvalue weighted by Crippen LogP contribution is -2.14. The number of tetrazole rings is 1. The van der Waals surface area contributed by atoms with Gasteiger partial charge in [0, 0.05) is 18.3 Å². The second-order valence-electron chi connectivity index (χ2n) is 6.49. The van der Waals surface area contributed by atoms with Gasteiger partial charge in [-0.3, -0.25) is 4.79 Å². The summed E-state index contributed by atoms with van der Waals surface area (Å²) in [5.41, 5.74) is 4.82. The third-order valence-electron chi connectivity index (χ3n) is 4.45. The van der Waals surface area contributed by atoms with Crippen LogP contribution in [0.5, 0.6) is 0 Å². The Kier molecular flexibility index (Phi) is 4.93. The molecule has 1 aromatic heterocycles. The molecule has 0 saturated heterocycles. The van der Waals surface area contributed by atoms with Gasteiger partial charge in [-0.25, -0.2) is 4.68 Å². The molecule has 0 bridgehead atoms. The van der Waals surface area contributed by atoms with Crippen molar-refractivity contribution >= 4 is 11.6 Å². The van der Waals surface area contributed by atoms with Gasteiger partial charge in [-0.1, -0.05) is 66.7 Å². The quantitative estimate of drug-likeness (QED) is 0.582. The average molecular weight is 369 g/mol. The fourth-order valence-corrected chi connectivity index (χ4v) is 3.05. The van der Waals surface area contributed by atoms with Gasteiger partial charge in [-0.15, -0.1) is 5.10 Å². The van der Waals surface area contributed by atoms with Crippen LogP contribution in [-0.4, -0.2) is 26.1 Å². The monoisotopic (exact) mass is 369 g/mol. The number of hydrogen-bond acceptors (Lipinski definition) is 4. The number of anilines is 1. The molecule has 3 aromatic carbocycles. The highest BCUT2D eigenvalue weighted by atomic mass is 16.1. The maximum absolute atomic E-state index is 12.4. The van der Waals surface area contributed by atoms with Crippen molar-refractivity contribution in [3.63, 3.8) is 0 Å². The summed E-state index contributed by atoms with van der Waals surface area (Å²) in [6, 6.07) is 25.7. The van der Waals surface area contributed by atoms with Gasteiger partial charge in [-0.2, -0.15) is 0 Å². The zero-order chi connectivity index (χ0) is 19.3. The summed E-state index contributed by atoms with van der Waals surface area (Å²) in [6.07, 6.45) is 0.310. The van der Waals surface area contributed by atoms with E-state index in [0.29, 0.717) is 17.9 Å². The minimum atomic E-state index is -0.0688. The molecule has 1 N–H and O–H groups in total. The van der Waals surface area contributed by atoms with Gasteiger partial charge in [0.05, 0.1) is 6.42 Å². The largest absolute Gasteiger partial charge is 0.326 e. The lowest BCUT2D eigenvalue weighted by molar-refractivity contribution is -0.115. The van der Waals surface area contributed by atoms with Crippen molar-refractivity contribution in [2.24, 2.45) is 7.05 Å². The fourth-order valence-electron chi connectivity index (χ4n) is 3.05. The molecule has 0 spiro atoms. The molecule has 0 saturated carbocycles. The minimum absolute atomic E-state index is 0.0688. The molecule has 0 aliphatic rings. The summed E-state index contributed by atoms with van der Waals surface area (Å²) in [6.45, 7) is 0. The summed E-state index contributed by atoms with van der Waals surface area (Å²) in [7, 11) is 1.78. The number of amides is 1. The van der Waals surface area contributed by atoms with Gasteiger partial charge < -0.3 is 5.32 Å². The van der Waals surface area contributed by atoms with Crippen molar-refractivity contribution < 1.29 is 4.79 Å². The van der Waals surface area contributed by atoms with Gasteiger partial charge in [0.15, 0.2) is 5.82 Å². The number of hydrogen-bond donors (Lipinski definition) is 1. The van der Waals surface area contributed by atoms with Crippen LogP contribution in [0.25, 0.3) is 22.5 Å². The molecule has 0 aliphatic carbocycles. The number of rotatable bonds is 5. The third-order valence-corrected chi connectivity index (χ3v) is 4.45. The van der Waals surface area contributed by atoms with E-state index in [-0.39, 0.29) is 5.91 Å². The van der Waals surface area contributed by atoms with E-state index in [1.165, 1.54) is 0 Å². The van der Waals surface area contributed by atoms with Crippen molar-refractivity contribution in [2.45, 2.75) is 6.42 Å². The Morgan fingerprint density at radius 2 is 1.61 bits per heavy atom. The van der Waals surface area contributed by atoms with Crippen LogP contribution >= 0.6 is 0 Å². The summed E-state index contributed by atoms with van der Waals surface area (Å²) in [5.74, 6) is 0.577. The molecule has 0 fully saturated rings. The zero-order valence-corrected chi connectivity index (χ0v) is 15.4. The maximum Gasteiger partial charge on any atom is 0.228 e. The van der Waals surface area contributed by atoms with Crippen LogP contribution in [0.2, 0.25) is 0 Å². The fraction of sp³-hybridized carbons (Fsp3) is 0.0909. The molecular weight excluding hydrogens is 350 g/mol. The summed E-state index contributed by atoms with van der Waals surface area (Å²) in [4.78, 5) is 12.4. The first-order chi connectivity index (χ1) is 13.7. The van der Waals surface area contributed by atoms with Crippen LogP contribution in [0.1, 0.15) is 5.56 Å². The standard InChI is InChI=1S/C22H19N5O/c1-27-22(24-25-26-27)19-8-5-9-20(15-19)23-21(28)14-16-10-12-18(13-11-16)17-6-3-2-4-7-17/h2-13,15H,14H2,1H3,(H,23,28). The van der Waals surface area contributed by atoms with Gasteiger partial charge >= 0.3 is 0 Å². The maximum atomic E-state index is 12.4. The smallest absolute Gasteiger partial charge is 0.228 e. The lowest BCUT2D eigenvalue weighted by atomic mass is 10.0. The molecule has 0 aliphatic heterocycles. The lowest BCUT2D eigenvalue weighted by Gasteiger charge is -2.08. The van der Waals surface area contributed by atoms with E-state index in [2.05, 4.69) is 33.0 Å². The topological polar surface area (TPSA) is 72.7 Å². The molecule has 0 unspecified atom stereocenters. The Morgan fingerprint density at radius 3 is 2.32 bits per heavy atom. The predicted octanol–water partition coefficient (Wildman–Crippen LogP) is 3.73. The third kappa shape index (κ3) is 3.96. The molecule has 0 radical (unpaired) electrons. The van der Waals surface area contributed by atoms with Crippen LogP contribution in [-0.2, 0) is 18.3 Å². The average Bonchev–Trinajstić information content (AvgIpc) is 3.15. The van der Waals surface area contributed by atoms with E-state index in [1.807, 2.05) is 66.7 Å². The Hall–Kier alpha value is -3.80. The highest BCUT2D eigenvalue weighted by Gasteiger charge is 2.09. The first kappa shape index (κ1) is 17.6. The summed E-state index contributed by atoms with van der Waals surface area (Å²) in [5, 5.41) is 14.4. The Labute approximate surface area is 162 Å². The SMILES string of the molecule is Cn1nnnc1-c1cccc(NC(=O)Cc2ccc(-c3ccccc3)cc2)c1. The Morgan fingerprint density at radius 1 is 0.893 bits per heavy atom. The van der Waals surface area contributed by atoms with Crippen LogP contribution in [0, 0.1) is 0 Å². The van der Waals surface area contributed by atoms with Gasteiger partial charge in [-0.05, 0) is 39.2 Å². The molecule has 6 heteroatoms. The second kappa shape index (κ2) is 7.84. The van der Waals surface area contributed by atoms with Gasteiger partial charge in [0.1, 0.15) is 0 Å². The van der Waals surface area contributed by atoms with E-state index in [9.17, 15) is 4.79 Å². The highest BCUT2D eigenvalue weighted by molar-refractivity contribution is 5.92. The number of carbonyl (C=O) groups excluding carboxylic acids is 1. The molecule has 6 nitrogen and oxygen atoms in total. The number of aromatic nitrogens is 4. The van der Waals surface area contributed by atoms with Crippen LogP contribution in [0.4, 0.5) is 5.69 Å². The van der Waals surface area contributed by atoms with E-state index in [4.69, 9.17) is 0 Å². The number of carbonyl (C=O) groups is 1. The zero-order valence-electron chi connectivity index (χ0n) is 15.4. The van der Waals surface area contributed by atoms with E-state index in [1.54, 1.807) is 11.7 Å². The number of benzene rings is 3. The molecule has 4 aromatic rings. The minimum Gasteiger partial charge on any atom is -0.326 e. The Balaban J connectivity index is 1.43. The van der Waals surface area contributed by atoms with Crippen LogP contribution in [0.15, 0.2) is 78.9 Å². The molecule has 1 heterocycles. The van der Waals surface area contributed by atoms with Crippen molar-refractivity contribution in [3.8, 4) is 22.5 Å². The van der Waals surface area contributed by atoms with E-state index in [0.717, 1.165) is 22.3 Å². The first-order valence-corrected chi connectivity index (χ1v) is 8.96. The number of nitrogens with zero attached hydrogens (tertiary/aromatic N) is 4. The molecule has 4 rings (SSSR count). The normalized spacial score (nSPS) is 10.6. The predicted molar refractivity (Wildman–Crippen MR) is 108 cm³/mol. The van der Waals surface area contributed by atoms with E-state index < -0.39 is 0 Å². The number of aryl methyl sites for hydroxylation is 1. The van der Waals surface area contributed by atoms with Gasteiger partial charge in [0.2, 0.25) is 5.91 Å². The molecule has 138 valence electrons. The van der Waals surface area contributed by atoms with Gasteiger partial charge in [0.25, 0.3) is 0 Å². The summed E-state index contributed by atoms with van der Waals surface area (Å²) >= 11 is 0. The van der Waals surface area contributed by atoms with E-state index >= 15 is 0 Å². The van der Waals surface area contributed by atoms with Crippen LogP contribution < -0.4 is 5.32 Å². The number of nitrogens with one attached hydrogen (secondary N) is 1. The molecule has 28 heavy (non-hydrogen) atoms. The molecule has 1 amide bonds. The van der Waals surface area contributed by atoms with Crippen molar-refractivity contribution in [1.82, 2.24) is 20.2 Å². The van der Waals surface area contributed by atoms with Crippen LogP contribution in [0.3, 0.4) is 0 Å². The summed E-state index contributed by atoms with van der Waals surface area (Å²) < 4.78 is 1.59.